The summed E-state index contributed by atoms with van der Waals surface area (Å²) in [6.07, 6.45) is 2.53. The summed E-state index contributed by atoms with van der Waals surface area (Å²) >= 11 is 0. The molecule has 0 atom stereocenters. The molecule has 1 heterocycles. The lowest BCUT2D eigenvalue weighted by Gasteiger charge is -2.05. The van der Waals surface area contributed by atoms with E-state index < -0.39 is 5.97 Å². The molecule has 20 heavy (non-hydrogen) atoms. The van der Waals surface area contributed by atoms with Crippen molar-refractivity contribution in [3.05, 3.63) is 59.9 Å². The van der Waals surface area contributed by atoms with Gasteiger partial charge < -0.3 is 10.4 Å². The first-order chi connectivity index (χ1) is 9.65. The summed E-state index contributed by atoms with van der Waals surface area (Å²) in [5.41, 5.74) is 1.48. The van der Waals surface area contributed by atoms with E-state index in [0.717, 1.165) is 5.69 Å². The Hall–Kier alpha value is -2.69. The van der Waals surface area contributed by atoms with Crippen molar-refractivity contribution in [2.45, 2.75) is 12.8 Å². The summed E-state index contributed by atoms with van der Waals surface area (Å²) in [4.78, 5) is 26.7. The number of hydrogen-bond acceptors (Lipinski definition) is 3. The third-order valence-electron chi connectivity index (χ3n) is 2.73. The summed E-state index contributed by atoms with van der Waals surface area (Å²) in [6, 6.07) is 11.7. The van der Waals surface area contributed by atoms with E-state index in [4.69, 9.17) is 5.11 Å². The van der Waals surface area contributed by atoms with Gasteiger partial charge in [0.25, 0.3) is 0 Å². The maximum Gasteiger partial charge on any atom is 0.335 e. The maximum absolute atomic E-state index is 11.8. The number of carbonyl (C=O) groups is 2. The maximum atomic E-state index is 11.8. The van der Waals surface area contributed by atoms with Crippen LogP contribution < -0.4 is 5.32 Å². The third kappa shape index (κ3) is 3.91. The molecule has 1 aromatic heterocycles. The van der Waals surface area contributed by atoms with E-state index in [2.05, 4.69) is 10.3 Å². The van der Waals surface area contributed by atoms with Gasteiger partial charge in [0.05, 0.1) is 5.56 Å². The number of hydrogen-bond donors (Lipinski definition) is 2. The highest BCUT2D eigenvalue weighted by atomic mass is 16.4. The van der Waals surface area contributed by atoms with Crippen LogP contribution in [0.5, 0.6) is 0 Å². The summed E-state index contributed by atoms with van der Waals surface area (Å²) < 4.78 is 0. The van der Waals surface area contributed by atoms with Gasteiger partial charge in [0, 0.05) is 24.0 Å². The minimum Gasteiger partial charge on any atom is -0.478 e. The highest BCUT2D eigenvalue weighted by Gasteiger charge is 2.06. The van der Waals surface area contributed by atoms with Gasteiger partial charge in [-0.1, -0.05) is 12.1 Å². The van der Waals surface area contributed by atoms with Crippen molar-refractivity contribution in [1.29, 1.82) is 0 Å². The zero-order chi connectivity index (χ0) is 14.4. The lowest BCUT2D eigenvalue weighted by molar-refractivity contribution is -0.116. The zero-order valence-corrected chi connectivity index (χ0v) is 10.7. The molecular formula is C15H14N2O3. The Kier molecular flexibility index (Phi) is 4.44. The van der Waals surface area contributed by atoms with Gasteiger partial charge in [-0.25, -0.2) is 4.79 Å². The average Bonchev–Trinajstić information content (AvgIpc) is 2.46. The number of carbonyl (C=O) groups excluding carboxylic acids is 1. The van der Waals surface area contributed by atoms with Crippen LogP contribution in [0.1, 0.15) is 22.5 Å². The van der Waals surface area contributed by atoms with E-state index in [1.807, 2.05) is 18.2 Å². The van der Waals surface area contributed by atoms with Gasteiger partial charge in [-0.15, -0.1) is 0 Å². The molecule has 2 rings (SSSR count). The summed E-state index contributed by atoms with van der Waals surface area (Å²) in [5.74, 6) is -1.19. The molecule has 5 heteroatoms. The molecule has 0 spiro atoms. The van der Waals surface area contributed by atoms with E-state index in [1.54, 1.807) is 18.3 Å². The van der Waals surface area contributed by atoms with Crippen molar-refractivity contribution in [2.24, 2.45) is 0 Å². The first kappa shape index (κ1) is 13.7. The second-order valence-electron chi connectivity index (χ2n) is 4.26. The Balaban J connectivity index is 1.91. The van der Waals surface area contributed by atoms with Crippen LogP contribution in [0.3, 0.4) is 0 Å². The number of carboxylic acid groups (broad SMARTS) is 1. The molecular weight excluding hydrogens is 256 g/mol. The van der Waals surface area contributed by atoms with Gasteiger partial charge in [-0.3, -0.25) is 9.78 Å². The number of aryl methyl sites for hydroxylation is 1. The van der Waals surface area contributed by atoms with E-state index in [1.165, 1.54) is 12.1 Å². The van der Waals surface area contributed by atoms with Crippen molar-refractivity contribution in [3.8, 4) is 0 Å². The van der Waals surface area contributed by atoms with Gasteiger partial charge in [-0.05, 0) is 36.8 Å². The smallest absolute Gasteiger partial charge is 0.335 e. The number of aromatic nitrogens is 1. The lowest BCUT2D eigenvalue weighted by atomic mass is 10.2. The molecule has 2 N–H and O–H groups in total. The standard InChI is InChI=1S/C15H14N2O3/c18-14(8-7-12-5-1-2-9-16-12)17-13-6-3-4-11(10-13)15(19)20/h1-6,9-10H,7-8H2,(H,17,18)(H,19,20). The number of carboxylic acids is 1. The molecule has 102 valence electrons. The van der Waals surface area contributed by atoms with Gasteiger partial charge in [0.15, 0.2) is 0 Å². The SMILES string of the molecule is O=C(CCc1ccccn1)Nc1cccc(C(=O)O)c1. The highest BCUT2D eigenvalue weighted by Crippen LogP contribution is 2.11. The average molecular weight is 270 g/mol. The molecule has 0 unspecified atom stereocenters. The van der Waals surface area contributed by atoms with Crippen molar-refractivity contribution >= 4 is 17.6 Å². The summed E-state index contributed by atoms with van der Waals surface area (Å²) in [6.45, 7) is 0. The van der Waals surface area contributed by atoms with Crippen LogP contribution in [-0.4, -0.2) is 22.0 Å². The fraction of sp³-hybridized carbons (Fsp3) is 0.133. The lowest BCUT2D eigenvalue weighted by Crippen LogP contribution is -2.13. The van der Waals surface area contributed by atoms with E-state index in [0.29, 0.717) is 18.5 Å². The molecule has 1 amide bonds. The van der Waals surface area contributed by atoms with E-state index >= 15 is 0 Å². The molecule has 0 radical (unpaired) electrons. The van der Waals surface area contributed by atoms with Crippen LogP contribution in [0.2, 0.25) is 0 Å². The summed E-state index contributed by atoms with van der Waals surface area (Å²) in [7, 11) is 0. The van der Waals surface area contributed by atoms with Crippen molar-refractivity contribution in [2.75, 3.05) is 5.32 Å². The quantitative estimate of drug-likeness (QED) is 0.874. The normalized spacial score (nSPS) is 10.0. The number of aromatic carboxylic acids is 1. The Morgan fingerprint density at radius 1 is 1.15 bits per heavy atom. The molecule has 0 saturated heterocycles. The molecule has 0 saturated carbocycles. The summed E-state index contributed by atoms with van der Waals surface area (Å²) in [5, 5.41) is 11.6. The fourth-order valence-electron chi connectivity index (χ4n) is 1.74. The zero-order valence-electron chi connectivity index (χ0n) is 10.7. The van der Waals surface area contributed by atoms with Crippen LogP contribution in [-0.2, 0) is 11.2 Å². The number of nitrogens with one attached hydrogen (secondary N) is 1. The van der Waals surface area contributed by atoms with Gasteiger partial charge in [-0.2, -0.15) is 0 Å². The third-order valence-corrected chi connectivity index (χ3v) is 2.73. The number of benzene rings is 1. The predicted molar refractivity (Wildman–Crippen MR) is 74.6 cm³/mol. The van der Waals surface area contributed by atoms with Crippen LogP contribution in [0.4, 0.5) is 5.69 Å². The molecule has 0 aliphatic carbocycles. The second kappa shape index (κ2) is 6.47. The monoisotopic (exact) mass is 270 g/mol. The Morgan fingerprint density at radius 3 is 2.70 bits per heavy atom. The number of anilines is 1. The second-order valence-corrected chi connectivity index (χ2v) is 4.26. The van der Waals surface area contributed by atoms with E-state index in [-0.39, 0.29) is 11.5 Å². The van der Waals surface area contributed by atoms with Crippen LogP contribution in [0.25, 0.3) is 0 Å². The Labute approximate surface area is 116 Å². The Bertz CT molecular complexity index is 612. The minimum atomic E-state index is -1.02. The minimum absolute atomic E-state index is 0.146. The van der Waals surface area contributed by atoms with Crippen LogP contribution in [0.15, 0.2) is 48.7 Å². The predicted octanol–water partition coefficient (Wildman–Crippen LogP) is 2.35. The largest absolute Gasteiger partial charge is 0.478 e. The number of amides is 1. The molecule has 0 aliphatic heterocycles. The van der Waals surface area contributed by atoms with Crippen LogP contribution >= 0.6 is 0 Å². The van der Waals surface area contributed by atoms with Gasteiger partial charge in [0.2, 0.25) is 5.91 Å². The molecule has 0 bridgehead atoms. The fourth-order valence-corrected chi connectivity index (χ4v) is 1.74. The first-order valence-electron chi connectivity index (χ1n) is 6.18. The number of rotatable bonds is 5. The highest BCUT2D eigenvalue weighted by molar-refractivity contribution is 5.93. The van der Waals surface area contributed by atoms with Gasteiger partial charge >= 0.3 is 5.97 Å². The van der Waals surface area contributed by atoms with E-state index in [9.17, 15) is 9.59 Å². The van der Waals surface area contributed by atoms with Crippen molar-refractivity contribution < 1.29 is 14.7 Å². The topological polar surface area (TPSA) is 79.3 Å². The Morgan fingerprint density at radius 2 is 2.00 bits per heavy atom. The molecule has 1 aromatic carbocycles. The van der Waals surface area contributed by atoms with Crippen molar-refractivity contribution in [1.82, 2.24) is 4.98 Å². The molecule has 2 aromatic rings. The first-order valence-corrected chi connectivity index (χ1v) is 6.18. The number of nitrogens with zero attached hydrogens (tertiary/aromatic N) is 1. The van der Waals surface area contributed by atoms with Crippen LogP contribution in [0, 0.1) is 0 Å². The molecule has 0 aliphatic rings. The molecule has 5 nitrogen and oxygen atoms in total. The van der Waals surface area contributed by atoms with Gasteiger partial charge in [0.1, 0.15) is 0 Å². The molecule has 0 fully saturated rings. The number of pyridine rings is 1. The van der Waals surface area contributed by atoms with Crippen molar-refractivity contribution in [3.63, 3.8) is 0 Å².